The summed E-state index contributed by atoms with van der Waals surface area (Å²) in [6.07, 6.45) is 0. The molecule has 0 radical (unpaired) electrons. The third-order valence-electron chi connectivity index (χ3n) is 2.53. The normalized spacial score (nSPS) is 21.1. The second kappa shape index (κ2) is 5.23. The molecular weight excluding hydrogens is 214 g/mol. The predicted molar refractivity (Wildman–Crippen MR) is 56.7 cm³/mol. The fraction of sp³-hybridized carbons (Fsp3) is 0.455. The summed E-state index contributed by atoms with van der Waals surface area (Å²) in [6.45, 7) is -0.153. The molecule has 1 aliphatic heterocycles. The summed E-state index contributed by atoms with van der Waals surface area (Å²) in [6, 6.07) is 6.98. The fourth-order valence-electron chi connectivity index (χ4n) is 1.80. The molecule has 88 valence electrons. The Morgan fingerprint density at radius 2 is 2.19 bits per heavy atom. The van der Waals surface area contributed by atoms with Crippen molar-refractivity contribution in [2.45, 2.75) is 12.7 Å². The molecule has 0 bridgehead atoms. The average Bonchev–Trinajstić information content (AvgIpc) is 2.30. The summed E-state index contributed by atoms with van der Waals surface area (Å²) in [7, 11) is 0. The monoisotopic (exact) mass is 228 g/mol. The van der Waals surface area contributed by atoms with E-state index in [1.807, 2.05) is 6.07 Å². The molecular formula is C11H14F2N2O. The number of hydrogen-bond donors (Lipinski definition) is 2. The van der Waals surface area contributed by atoms with Gasteiger partial charge in [0.2, 0.25) is 0 Å². The van der Waals surface area contributed by atoms with E-state index in [4.69, 9.17) is 0 Å². The van der Waals surface area contributed by atoms with Gasteiger partial charge in [0.05, 0.1) is 0 Å². The van der Waals surface area contributed by atoms with Gasteiger partial charge >= 0.3 is 6.61 Å². The van der Waals surface area contributed by atoms with Crippen LogP contribution in [0.4, 0.5) is 8.78 Å². The van der Waals surface area contributed by atoms with Crippen LogP contribution in [0.15, 0.2) is 24.3 Å². The molecule has 1 heterocycles. The van der Waals surface area contributed by atoms with Crippen LogP contribution in [-0.2, 0) is 0 Å². The largest absolute Gasteiger partial charge is 0.435 e. The number of piperazine rings is 1. The Bertz CT molecular complexity index is 341. The van der Waals surface area contributed by atoms with Crippen molar-refractivity contribution in [3.8, 4) is 5.75 Å². The lowest BCUT2D eigenvalue weighted by Gasteiger charge is -2.25. The number of ether oxygens (including phenoxy) is 1. The Balaban J connectivity index is 2.08. The summed E-state index contributed by atoms with van der Waals surface area (Å²) >= 11 is 0. The van der Waals surface area contributed by atoms with Crippen LogP contribution in [0.5, 0.6) is 5.75 Å². The number of rotatable bonds is 3. The van der Waals surface area contributed by atoms with Crippen molar-refractivity contribution >= 4 is 0 Å². The minimum Gasteiger partial charge on any atom is -0.435 e. The van der Waals surface area contributed by atoms with Crippen LogP contribution in [0, 0.1) is 0 Å². The highest BCUT2D eigenvalue weighted by molar-refractivity contribution is 5.31. The van der Waals surface area contributed by atoms with E-state index in [0.29, 0.717) is 0 Å². The van der Waals surface area contributed by atoms with Crippen LogP contribution in [0.2, 0.25) is 0 Å². The number of alkyl halides is 2. The van der Waals surface area contributed by atoms with Gasteiger partial charge in [0.15, 0.2) is 0 Å². The molecule has 0 aliphatic carbocycles. The Morgan fingerprint density at radius 3 is 2.88 bits per heavy atom. The molecule has 1 aromatic carbocycles. The minimum atomic E-state index is -2.77. The molecule has 1 aliphatic rings. The first-order chi connectivity index (χ1) is 7.75. The van der Waals surface area contributed by atoms with Gasteiger partial charge in [-0.3, -0.25) is 0 Å². The van der Waals surface area contributed by atoms with Crippen molar-refractivity contribution in [1.29, 1.82) is 0 Å². The lowest BCUT2D eigenvalue weighted by molar-refractivity contribution is -0.0499. The van der Waals surface area contributed by atoms with Gasteiger partial charge in [0, 0.05) is 25.7 Å². The van der Waals surface area contributed by atoms with E-state index in [1.54, 1.807) is 12.1 Å². The van der Waals surface area contributed by atoms with Gasteiger partial charge in [-0.1, -0.05) is 12.1 Å². The van der Waals surface area contributed by atoms with Crippen LogP contribution < -0.4 is 15.4 Å². The van der Waals surface area contributed by atoms with Crippen LogP contribution >= 0.6 is 0 Å². The molecule has 0 saturated carbocycles. The topological polar surface area (TPSA) is 33.3 Å². The van der Waals surface area contributed by atoms with Crippen molar-refractivity contribution in [2.24, 2.45) is 0 Å². The highest BCUT2D eigenvalue weighted by atomic mass is 19.3. The molecule has 16 heavy (non-hydrogen) atoms. The molecule has 3 nitrogen and oxygen atoms in total. The molecule has 2 rings (SSSR count). The summed E-state index contributed by atoms with van der Waals surface area (Å²) in [5, 5.41) is 6.55. The maximum atomic E-state index is 12.0. The first-order valence-corrected chi connectivity index (χ1v) is 5.24. The summed E-state index contributed by atoms with van der Waals surface area (Å²) in [5.41, 5.74) is 0.963. The summed E-state index contributed by atoms with van der Waals surface area (Å²) in [4.78, 5) is 0. The summed E-state index contributed by atoms with van der Waals surface area (Å²) in [5.74, 6) is 0.208. The van der Waals surface area contributed by atoms with Crippen molar-refractivity contribution in [3.05, 3.63) is 29.8 Å². The lowest BCUT2D eigenvalue weighted by Crippen LogP contribution is -2.42. The number of halogens is 2. The van der Waals surface area contributed by atoms with E-state index in [9.17, 15) is 8.78 Å². The Hall–Kier alpha value is -1.20. The SMILES string of the molecule is FC(F)Oc1cccc([C@@H]2CNCCN2)c1. The second-order valence-electron chi connectivity index (χ2n) is 3.66. The standard InChI is InChI=1S/C11H14F2N2O/c12-11(13)16-9-3-1-2-8(6-9)10-7-14-4-5-15-10/h1-3,6,10-11,14-15H,4-5,7H2/t10-/m0/s1. The molecule has 1 saturated heterocycles. The third kappa shape index (κ3) is 2.90. The van der Waals surface area contributed by atoms with Crippen molar-refractivity contribution in [3.63, 3.8) is 0 Å². The quantitative estimate of drug-likeness (QED) is 0.823. The molecule has 1 aromatic rings. The first-order valence-electron chi connectivity index (χ1n) is 5.24. The van der Waals surface area contributed by atoms with E-state index in [2.05, 4.69) is 15.4 Å². The molecule has 1 atom stereocenters. The van der Waals surface area contributed by atoms with Crippen molar-refractivity contribution < 1.29 is 13.5 Å². The van der Waals surface area contributed by atoms with Crippen LogP contribution in [0.3, 0.4) is 0 Å². The van der Waals surface area contributed by atoms with Gasteiger partial charge < -0.3 is 15.4 Å². The highest BCUT2D eigenvalue weighted by Crippen LogP contribution is 2.21. The first kappa shape index (κ1) is 11.3. The molecule has 2 N–H and O–H groups in total. The lowest BCUT2D eigenvalue weighted by atomic mass is 10.1. The predicted octanol–water partition coefficient (Wildman–Crippen LogP) is 1.52. The van der Waals surface area contributed by atoms with E-state index < -0.39 is 6.61 Å². The zero-order valence-electron chi connectivity index (χ0n) is 8.75. The summed E-state index contributed by atoms with van der Waals surface area (Å²) < 4.78 is 28.5. The minimum absolute atomic E-state index is 0.162. The van der Waals surface area contributed by atoms with Gasteiger partial charge in [0.25, 0.3) is 0 Å². The van der Waals surface area contributed by atoms with Gasteiger partial charge in [-0.25, -0.2) is 0 Å². The zero-order valence-corrected chi connectivity index (χ0v) is 8.75. The number of hydrogen-bond acceptors (Lipinski definition) is 3. The molecule has 1 fully saturated rings. The smallest absolute Gasteiger partial charge is 0.387 e. The van der Waals surface area contributed by atoms with Crippen molar-refractivity contribution in [2.75, 3.05) is 19.6 Å². The van der Waals surface area contributed by atoms with Gasteiger partial charge in [-0.15, -0.1) is 0 Å². The Kier molecular flexibility index (Phi) is 3.69. The van der Waals surface area contributed by atoms with Crippen LogP contribution in [-0.4, -0.2) is 26.2 Å². The van der Waals surface area contributed by atoms with E-state index in [0.717, 1.165) is 25.2 Å². The fourth-order valence-corrected chi connectivity index (χ4v) is 1.80. The van der Waals surface area contributed by atoms with Gasteiger partial charge in [0.1, 0.15) is 5.75 Å². The molecule has 0 spiro atoms. The number of nitrogens with one attached hydrogen (secondary N) is 2. The average molecular weight is 228 g/mol. The molecule has 0 unspecified atom stereocenters. The highest BCUT2D eigenvalue weighted by Gasteiger charge is 2.15. The van der Waals surface area contributed by atoms with E-state index in [-0.39, 0.29) is 11.8 Å². The second-order valence-corrected chi connectivity index (χ2v) is 3.66. The van der Waals surface area contributed by atoms with E-state index in [1.165, 1.54) is 6.07 Å². The number of benzene rings is 1. The van der Waals surface area contributed by atoms with Crippen LogP contribution in [0.1, 0.15) is 11.6 Å². The van der Waals surface area contributed by atoms with Gasteiger partial charge in [-0.05, 0) is 17.7 Å². The third-order valence-corrected chi connectivity index (χ3v) is 2.53. The molecule has 0 aromatic heterocycles. The van der Waals surface area contributed by atoms with Gasteiger partial charge in [-0.2, -0.15) is 8.78 Å². The van der Waals surface area contributed by atoms with E-state index >= 15 is 0 Å². The maximum Gasteiger partial charge on any atom is 0.387 e. The Labute approximate surface area is 92.8 Å². The van der Waals surface area contributed by atoms with Crippen LogP contribution in [0.25, 0.3) is 0 Å². The molecule has 0 amide bonds. The van der Waals surface area contributed by atoms with Crippen molar-refractivity contribution in [1.82, 2.24) is 10.6 Å². The molecule has 5 heteroatoms. The zero-order chi connectivity index (χ0) is 11.4. The maximum absolute atomic E-state index is 12.0. The Morgan fingerprint density at radius 1 is 1.31 bits per heavy atom.